The van der Waals surface area contributed by atoms with E-state index in [4.69, 9.17) is 0 Å². The first-order valence-corrected chi connectivity index (χ1v) is 10.2. The molecule has 24 heavy (non-hydrogen) atoms. The van der Waals surface area contributed by atoms with E-state index in [2.05, 4.69) is 15.5 Å². The van der Waals surface area contributed by atoms with Crippen LogP contribution in [0.3, 0.4) is 0 Å². The third kappa shape index (κ3) is 3.97. The quantitative estimate of drug-likeness (QED) is 0.892. The molecular formula is C15H18N4O3S2. The molecule has 1 aromatic heterocycles. The number of nitrogens with one attached hydrogen (secondary N) is 1. The summed E-state index contributed by atoms with van der Waals surface area (Å²) in [6.45, 7) is 0.934. The molecule has 0 radical (unpaired) electrons. The molecule has 1 saturated heterocycles. The Morgan fingerprint density at radius 1 is 1.29 bits per heavy atom. The van der Waals surface area contributed by atoms with Gasteiger partial charge in [0.2, 0.25) is 15.0 Å². The first-order valence-electron chi connectivity index (χ1n) is 7.58. The van der Waals surface area contributed by atoms with Crippen LogP contribution in [0.4, 0.5) is 5.69 Å². The van der Waals surface area contributed by atoms with E-state index in [1.54, 1.807) is 12.1 Å². The molecule has 1 amide bonds. The zero-order chi connectivity index (χ0) is 17.2. The summed E-state index contributed by atoms with van der Waals surface area (Å²) < 4.78 is 24.9. The highest BCUT2D eigenvalue weighted by molar-refractivity contribution is 7.88. The number of rotatable bonds is 4. The molecule has 1 atom stereocenters. The van der Waals surface area contributed by atoms with Gasteiger partial charge in [0.1, 0.15) is 5.01 Å². The number of carbonyl (C=O) groups is 1. The van der Waals surface area contributed by atoms with Gasteiger partial charge in [-0.15, -0.1) is 10.2 Å². The third-order valence-corrected chi connectivity index (χ3v) is 6.22. The number of benzene rings is 1. The summed E-state index contributed by atoms with van der Waals surface area (Å²) in [5.41, 5.74) is 0.695. The Morgan fingerprint density at radius 2 is 2.04 bits per heavy atom. The van der Waals surface area contributed by atoms with Gasteiger partial charge in [0, 0.05) is 24.7 Å². The third-order valence-electron chi connectivity index (χ3n) is 3.87. The fourth-order valence-electron chi connectivity index (χ4n) is 2.64. The molecule has 0 aliphatic carbocycles. The van der Waals surface area contributed by atoms with E-state index in [-0.39, 0.29) is 16.8 Å². The van der Waals surface area contributed by atoms with Crippen LogP contribution in [0.25, 0.3) is 0 Å². The minimum Gasteiger partial charge on any atom is -0.320 e. The second-order valence-corrected chi connectivity index (χ2v) is 8.72. The number of hydrogen-bond acceptors (Lipinski definition) is 6. The van der Waals surface area contributed by atoms with Crippen molar-refractivity contribution < 1.29 is 13.2 Å². The molecule has 2 heterocycles. The second-order valence-electron chi connectivity index (χ2n) is 5.73. The molecule has 1 aliphatic heterocycles. The number of piperidine rings is 1. The number of anilines is 1. The van der Waals surface area contributed by atoms with Crippen molar-refractivity contribution in [1.82, 2.24) is 14.5 Å². The summed E-state index contributed by atoms with van der Waals surface area (Å²) in [6.07, 6.45) is 2.85. The Balaban J connectivity index is 1.70. The van der Waals surface area contributed by atoms with Gasteiger partial charge in [-0.2, -0.15) is 0 Å². The molecule has 3 rings (SSSR count). The molecule has 0 unspecified atom stereocenters. The van der Waals surface area contributed by atoms with Crippen LogP contribution in [0, 0.1) is 0 Å². The first-order chi connectivity index (χ1) is 11.4. The van der Waals surface area contributed by atoms with Gasteiger partial charge in [-0.3, -0.25) is 4.79 Å². The molecule has 0 spiro atoms. The number of sulfonamides is 1. The van der Waals surface area contributed by atoms with Crippen LogP contribution in [0.2, 0.25) is 0 Å². The minimum atomic E-state index is -3.21. The van der Waals surface area contributed by atoms with Crippen LogP contribution in [0.15, 0.2) is 30.3 Å². The highest BCUT2D eigenvalue weighted by Gasteiger charge is 2.29. The molecule has 7 nitrogen and oxygen atoms in total. The summed E-state index contributed by atoms with van der Waals surface area (Å²) in [7, 11) is -3.21. The number of hydrogen-bond donors (Lipinski definition) is 1. The molecule has 2 aromatic rings. The molecule has 128 valence electrons. The van der Waals surface area contributed by atoms with Crippen LogP contribution < -0.4 is 5.32 Å². The van der Waals surface area contributed by atoms with E-state index in [0.29, 0.717) is 23.8 Å². The van der Waals surface area contributed by atoms with Gasteiger partial charge in [0.05, 0.1) is 6.26 Å². The van der Waals surface area contributed by atoms with Crippen molar-refractivity contribution in [2.75, 3.05) is 24.7 Å². The standard InChI is InChI=1S/C15H18N4O3S2/c1-24(21,22)19-9-5-6-11(10-19)14-17-18-15(23-14)13(20)16-12-7-3-2-4-8-12/h2-4,7-8,11H,5-6,9-10H2,1H3,(H,16,20)/t11-/m0/s1. The van der Waals surface area contributed by atoms with Gasteiger partial charge in [-0.25, -0.2) is 12.7 Å². The predicted molar refractivity (Wildman–Crippen MR) is 92.7 cm³/mol. The molecule has 1 aromatic carbocycles. The smallest absolute Gasteiger partial charge is 0.286 e. The Morgan fingerprint density at radius 3 is 2.75 bits per heavy atom. The maximum absolute atomic E-state index is 12.2. The lowest BCUT2D eigenvalue weighted by molar-refractivity contribution is 0.102. The fourth-order valence-corrected chi connectivity index (χ4v) is 4.42. The van der Waals surface area contributed by atoms with Crippen LogP contribution in [-0.4, -0.2) is 48.2 Å². The van der Waals surface area contributed by atoms with Crippen LogP contribution >= 0.6 is 11.3 Å². The monoisotopic (exact) mass is 366 g/mol. The Bertz CT molecular complexity index is 820. The molecule has 0 bridgehead atoms. The highest BCUT2D eigenvalue weighted by atomic mass is 32.2. The fraction of sp³-hybridized carbons (Fsp3) is 0.400. The van der Waals surface area contributed by atoms with Gasteiger partial charge in [0.25, 0.3) is 5.91 Å². The second kappa shape index (κ2) is 6.96. The Kier molecular flexibility index (Phi) is 4.93. The summed E-state index contributed by atoms with van der Waals surface area (Å²) in [6, 6.07) is 9.14. The number of aromatic nitrogens is 2. The molecule has 1 N–H and O–H groups in total. The average molecular weight is 366 g/mol. The van der Waals surface area contributed by atoms with Crippen molar-refractivity contribution in [3.8, 4) is 0 Å². The first kappa shape index (κ1) is 17.0. The van der Waals surface area contributed by atoms with Crippen molar-refractivity contribution in [2.24, 2.45) is 0 Å². The molecule has 1 fully saturated rings. The molecule has 0 saturated carbocycles. The maximum Gasteiger partial charge on any atom is 0.286 e. The molecule has 9 heteroatoms. The van der Waals surface area contributed by atoms with Crippen molar-refractivity contribution in [3.63, 3.8) is 0 Å². The summed E-state index contributed by atoms with van der Waals surface area (Å²) in [5.74, 6) is -0.315. The predicted octanol–water partition coefficient (Wildman–Crippen LogP) is 1.93. The van der Waals surface area contributed by atoms with Gasteiger partial charge in [-0.1, -0.05) is 29.5 Å². The lowest BCUT2D eigenvalue weighted by Crippen LogP contribution is -2.38. The van der Waals surface area contributed by atoms with Gasteiger partial charge in [0.15, 0.2) is 0 Å². The number of para-hydroxylation sites is 1. The normalized spacial score (nSPS) is 19.1. The van der Waals surface area contributed by atoms with Crippen molar-refractivity contribution in [2.45, 2.75) is 18.8 Å². The van der Waals surface area contributed by atoms with Crippen molar-refractivity contribution in [3.05, 3.63) is 40.3 Å². The van der Waals surface area contributed by atoms with E-state index < -0.39 is 10.0 Å². The van der Waals surface area contributed by atoms with Crippen molar-refractivity contribution in [1.29, 1.82) is 0 Å². The maximum atomic E-state index is 12.2. The summed E-state index contributed by atoms with van der Waals surface area (Å²) >= 11 is 1.22. The Hall–Kier alpha value is -1.84. The van der Waals surface area contributed by atoms with Gasteiger partial charge < -0.3 is 5.32 Å². The van der Waals surface area contributed by atoms with E-state index in [0.717, 1.165) is 12.8 Å². The van der Waals surface area contributed by atoms with E-state index in [9.17, 15) is 13.2 Å². The largest absolute Gasteiger partial charge is 0.320 e. The SMILES string of the molecule is CS(=O)(=O)N1CCC[C@H](c2nnc(C(=O)Nc3ccccc3)s2)C1. The Labute approximate surface area is 144 Å². The summed E-state index contributed by atoms with van der Waals surface area (Å²) in [4.78, 5) is 12.2. The van der Waals surface area contributed by atoms with Gasteiger partial charge in [-0.05, 0) is 25.0 Å². The average Bonchev–Trinajstić information content (AvgIpc) is 3.05. The highest BCUT2D eigenvalue weighted by Crippen LogP contribution is 2.30. The summed E-state index contributed by atoms with van der Waals surface area (Å²) in [5, 5.41) is 11.8. The molecular weight excluding hydrogens is 348 g/mol. The number of nitrogens with zero attached hydrogens (tertiary/aromatic N) is 3. The minimum absolute atomic E-state index is 0.00995. The van der Waals surface area contributed by atoms with Crippen molar-refractivity contribution >= 4 is 33.0 Å². The van der Waals surface area contributed by atoms with Crippen LogP contribution in [0.1, 0.15) is 33.6 Å². The lowest BCUT2D eigenvalue weighted by Gasteiger charge is -2.29. The number of carbonyl (C=O) groups excluding carboxylic acids is 1. The number of amides is 1. The zero-order valence-corrected chi connectivity index (χ0v) is 14.8. The van der Waals surface area contributed by atoms with E-state index in [1.807, 2.05) is 18.2 Å². The molecule has 1 aliphatic rings. The van der Waals surface area contributed by atoms with Crippen LogP contribution in [0.5, 0.6) is 0 Å². The zero-order valence-electron chi connectivity index (χ0n) is 13.2. The van der Waals surface area contributed by atoms with Gasteiger partial charge >= 0.3 is 0 Å². The van der Waals surface area contributed by atoms with E-state index in [1.165, 1.54) is 21.9 Å². The van der Waals surface area contributed by atoms with Crippen LogP contribution in [-0.2, 0) is 10.0 Å². The lowest BCUT2D eigenvalue weighted by atomic mass is 10.0. The van der Waals surface area contributed by atoms with E-state index >= 15 is 0 Å². The topological polar surface area (TPSA) is 92.3 Å².